The molecule has 35 heavy (non-hydrogen) atoms. The lowest BCUT2D eigenvalue weighted by molar-refractivity contribution is -0.126. The largest absolute Gasteiger partial charge is 0.497 e. The van der Waals surface area contributed by atoms with Crippen molar-refractivity contribution in [1.82, 2.24) is 9.62 Å². The van der Waals surface area contributed by atoms with Crippen molar-refractivity contribution in [2.45, 2.75) is 30.9 Å². The van der Waals surface area contributed by atoms with Gasteiger partial charge in [0.05, 0.1) is 17.9 Å². The average molecular weight is 495 g/mol. The fourth-order valence-corrected chi connectivity index (χ4v) is 5.67. The molecule has 184 valence electrons. The lowest BCUT2D eigenvalue weighted by Crippen LogP contribution is -2.45. The Labute approximate surface area is 206 Å². The number of amides is 1. The molecular weight excluding hydrogens is 464 g/mol. The molecule has 1 aliphatic rings. The van der Waals surface area contributed by atoms with Gasteiger partial charge in [0.15, 0.2) is 0 Å². The van der Waals surface area contributed by atoms with E-state index in [-0.39, 0.29) is 17.3 Å². The van der Waals surface area contributed by atoms with Gasteiger partial charge in [-0.3, -0.25) is 4.79 Å². The summed E-state index contributed by atoms with van der Waals surface area (Å²) in [4.78, 5) is 13.2. The first kappa shape index (κ1) is 24.8. The van der Waals surface area contributed by atoms with Gasteiger partial charge >= 0.3 is 0 Å². The predicted octanol–water partition coefficient (Wildman–Crippen LogP) is 3.99. The molecule has 0 radical (unpaired) electrons. The molecule has 3 aromatic rings. The van der Waals surface area contributed by atoms with Crippen molar-refractivity contribution in [3.8, 4) is 11.5 Å². The number of ether oxygens (including phenoxy) is 2. The number of methoxy groups -OCH3 is 1. The molecule has 0 bridgehead atoms. The Morgan fingerprint density at radius 3 is 2.34 bits per heavy atom. The molecule has 0 aromatic heterocycles. The zero-order chi connectivity index (χ0) is 24.7. The number of hydrogen-bond acceptors (Lipinski definition) is 5. The Kier molecular flexibility index (Phi) is 8.05. The monoisotopic (exact) mass is 494 g/mol. The van der Waals surface area contributed by atoms with Crippen molar-refractivity contribution >= 4 is 15.9 Å². The zero-order valence-electron chi connectivity index (χ0n) is 19.7. The van der Waals surface area contributed by atoms with E-state index in [2.05, 4.69) is 5.32 Å². The molecule has 1 aliphatic heterocycles. The van der Waals surface area contributed by atoms with Crippen LogP contribution < -0.4 is 14.8 Å². The Hall–Kier alpha value is -3.36. The maximum atomic E-state index is 13.1. The third kappa shape index (κ3) is 6.21. The highest BCUT2D eigenvalue weighted by Crippen LogP contribution is 2.25. The van der Waals surface area contributed by atoms with Gasteiger partial charge in [-0.15, -0.1) is 0 Å². The van der Waals surface area contributed by atoms with Crippen molar-refractivity contribution in [2.24, 2.45) is 5.92 Å². The molecule has 7 nitrogen and oxygen atoms in total. The van der Waals surface area contributed by atoms with Crippen molar-refractivity contribution in [3.05, 3.63) is 90.0 Å². The van der Waals surface area contributed by atoms with Crippen LogP contribution in [0.1, 0.15) is 24.0 Å². The molecule has 4 rings (SSSR count). The Morgan fingerprint density at radius 2 is 1.63 bits per heavy atom. The van der Waals surface area contributed by atoms with Gasteiger partial charge in [0, 0.05) is 19.6 Å². The molecule has 0 aliphatic carbocycles. The van der Waals surface area contributed by atoms with Crippen LogP contribution in [0.15, 0.2) is 83.8 Å². The van der Waals surface area contributed by atoms with Crippen LogP contribution in [-0.4, -0.2) is 38.8 Å². The van der Waals surface area contributed by atoms with Gasteiger partial charge in [0.1, 0.15) is 18.1 Å². The quantitative estimate of drug-likeness (QED) is 0.486. The van der Waals surface area contributed by atoms with Crippen LogP contribution in [0, 0.1) is 5.92 Å². The van der Waals surface area contributed by atoms with E-state index in [0.29, 0.717) is 38.3 Å². The third-order valence-electron chi connectivity index (χ3n) is 6.16. The van der Waals surface area contributed by atoms with Crippen molar-refractivity contribution < 1.29 is 22.7 Å². The van der Waals surface area contributed by atoms with Gasteiger partial charge in [-0.05, 0) is 60.4 Å². The molecule has 0 spiro atoms. The summed E-state index contributed by atoms with van der Waals surface area (Å²) in [5, 5.41) is 3.00. The first-order valence-corrected chi connectivity index (χ1v) is 13.1. The molecule has 0 saturated carbocycles. The number of piperidine rings is 1. The van der Waals surface area contributed by atoms with Gasteiger partial charge in [-0.1, -0.05) is 42.5 Å². The second-order valence-corrected chi connectivity index (χ2v) is 10.4. The Morgan fingerprint density at radius 1 is 0.943 bits per heavy atom. The van der Waals surface area contributed by atoms with Gasteiger partial charge in [-0.2, -0.15) is 4.31 Å². The smallest absolute Gasteiger partial charge is 0.243 e. The summed E-state index contributed by atoms with van der Waals surface area (Å²) in [5.41, 5.74) is 1.96. The molecule has 3 aromatic carbocycles. The first-order valence-electron chi connectivity index (χ1n) is 11.6. The minimum atomic E-state index is -3.68. The molecule has 1 fully saturated rings. The lowest BCUT2D eigenvalue weighted by atomic mass is 9.98. The van der Waals surface area contributed by atoms with E-state index in [1.165, 1.54) is 23.5 Å². The number of nitrogens with zero attached hydrogens (tertiary/aromatic N) is 1. The van der Waals surface area contributed by atoms with E-state index >= 15 is 0 Å². The highest BCUT2D eigenvalue weighted by atomic mass is 32.2. The Balaban J connectivity index is 1.36. The third-order valence-corrected chi connectivity index (χ3v) is 8.04. The fraction of sp³-hybridized carbons (Fsp3) is 0.296. The summed E-state index contributed by atoms with van der Waals surface area (Å²) < 4.78 is 38.6. The number of sulfonamides is 1. The lowest BCUT2D eigenvalue weighted by Gasteiger charge is -2.31. The van der Waals surface area contributed by atoms with Crippen molar-refractivity contribution in [2.75, 3.05) is 20.2 Å². The van der Waals surface area contributed by atoms with Crippen LogP contribution >= 0.6 is 0 Å². The average Bonchev–Trinajstić information content (AvgIpc) is 2.91. The van der Waals surface area contributed by atoms with Crippen LogP contribution in [0.25, 0.3) is 0 Å². The summed E-state index contributed by atoms with van der Waals surface area (Å²) in [7, 11) is -2.15. The van der Waals surface area contributed by atoms with Crippen LogP contribution in [0.5, 0.6) is 11.5 Å². The molecule has 1 unspecified atom stereocenters. The maximum absolute atomic E-state index is 13.1. The normalized spacial score (nSPS) is 16.4. The van der Waals surface area contributed by atoms with Crippen LogP contribution in [0.4, 0.5) is 0 Å². The SMILES string of the molecule is COc1ccc(S(=O)(=O)N2CCCC(C(=O)NCc3ccccc3COc3ccccc3)C2)cc1. The zero-order valence-corrected chi connectivity index (χ0v) is 20.5. The topological polar surface area (TPSA) is 84.9 Å². The molecule has 8 heteroatoms. The van der Waals surface area contributed by atoms with E-state index in [1.54, 1.807) is 12.1 Å². The van der Waals surface area contributed by atoms with Crippen LogP contribution in [0.2, 0.25) is 0 Å². The maximum Gasteiger partial charge on any atom is 0.243 e. The van der Waals surface area contributed by atoms with Gasteiger partial charge in [0.25, 0.3) is 0 Å². The molecule has 1 heterocycles. The standard InChI is InChI=1S/C27H30N2O5S/c1-33-24-13-15-26(16-14-24)35(31,32)29-17-7-10-22(19-29)27(30)28-18-21-8-5-6-9-23(21)20-34-25-11-3-2-4-12-25/h2-6,8-9,11-16,22H,7,10,17-20H2,1H3,(H,28,30). The molecule has 1 saturated heterocycles. The number of carbonyl (C=O) groups is 1. The number of carbonyl (C=O) groups excluding carboxylic acids is 1. The fourth-order valence-electron chi connectivity index (χ4n) is 4.15. The van der Waals surface area contributed by atoms with E-state index < -0.39 is 15.9 Å². The summed E-state index contributed by atoms with van der Waals surface area (Å²) in [6.45, 7) is 1.32. The summed E-state index contributed by atoms with van der Waals surface area (Å²) in [6.07, 6.45) is 1.29. The number of hydrogen-bond donors (Lipinski definition) is 1. The second kappa shape index (κ2) is 11.4. The van der Waals surface area contributed by atoms with Gasteiger partial charge in [-0.25, -0.2) is 8.42 Å². The molecule has 1 atom stereocenters. The van der Waals surface area contributed by atoms with Crippen LogP contribution in [-0.2, 0) is 28.0 Å². The van der Waals surface area contributed by atoms with E-state index in [4.69, 9.17) is 9.47 Å². The summed E-state index contributed by atoms with van der Waals surface area (Å²) >= 11 is 0. The minimum Gasteiger partial charge on any atom is -0.497 e. The minimum absolute atomic E-state index is 0.140. The predicted molar refractivity (Wildman–Crippen MR) is 134 cm³/mol. The van der Waals surface area contributed by atoms with E-state index in [0.717, 1.165) is 16.9 Å². The van der Waals surface area contributed by atoms with Gasteiger partial charge < -0.3 is 14.8 Å². The first-order chi connectivity index (χ1) is 17.0. The number of rotatable bonds is 9. The van der Waals surface area contributed by atoms with Crippen molar-refractivity contribution in [3.63, 3.8) is 0 Å². The van der Waals surface area contributed by atoms with E-state index in [9.17, 15) is 13.2 Å². The molecule has 1 N–H and O–H groups in total. The molecular formula is C27H30N2O5S. The second-order valence-electron chi connectivity index (χ2n) is 8.47. The van der Waals surface area contributed by atoms with Gasteiger partial charge in [0.2, 0.25) is 15.9 Å². The number of nitrogens with one attached hydrogen (secondary N) is 1. The molecule has 1 amide bonds. The Bertz CT molecular complexity index is 1230. The highest BCUT2D eigenvalue weighted by Gasteiger charge is 2.33. The van der Waals surface area contributed by atoms with E-state index in [1.807, 2.05) is 54.6 Å². The summed E-state index contributed by atoms with van der Waals surface area (Å²) in [5.74, 6) is 0.837. The van der Waals surface area contributed by atoms with Crippen molar-refractivity contribution in [1.29, 1.82) is 0 Å². The number of para-hydroxylation sites is 1. The van der Waals surface area contributed by atoms with Crippen LogP contribution in [0.3, 0.4) is 0 Å². The number of benzene rings is 3. The highest BCUT2D eigenvalue weighted by molar-refractivity contribution is 7.89. The summed E-state index contributed by atoms with van der Waals surface area (Å²) in [6, 6.07) is 23.7.